The van der Waals surface area contributed by atoms with Crippen LogP contribution in [0.25, 0.3) is 0 Å². The maximum absolute atomic E-state index is 12.5. The highest BCUT2D eigenvalue weighted by atomic mass is 16.2. The lowest BCUT2D eigenvalue weighted by atomic mass is 9.82. The first-order valence-electron chi connectivity index (χ1n) is 6.96. The van der Waals surface area contributed by atoms with Crippen LogP contribution in [0.15, 0.2) is 24.3 Å². The lowest BCUT2D eigenvalue weighted by Crippen LogP contribution is -2.41. The monoisotopic (exact) mass is 260 g/mol. The van der Waals surface area contributed by atoms with E-state index in [1.54, 1.807) is 0 Å². The molecule has 0 aromatic heterocycles. The minimum Gasteiger partial charge on any atom is -0.378 e. The van der Waals surface area contributed by atoms with Gasteiger partial charge in [0.2, 0.25) is 0 Å². The number of likely N-dealkylation sites (tertiary alicyclic amines) is 1. The lowest BCUT2D eigenvalue weighted by Gasteiger charge is -2.37. The number of anilines is 1. The number of benzene rings is 1. The van der Waals surface area contributed by atoms with E-state index in [1.165, 1.54) is 0 Å². The van der Waals surface area contributed by atoms with Gasteiger partial charge in [-0.15, -0.1) is 0 Å². The molecule has 1 aromatic carbocycles. The van der Waals surface area contributed by atoms with E-state index in [2.05, 4.69) is 13.8 Å². The van der Waals surface area contributed by atoms with Crippen molar-refractivity contribution in [2.24, 2.45) is 5.41 Å². The number of carbonyl (C=O) groups is 1. The fourth-order valence-electron chi connectivity index (χ4n) is 2.41. The van der Waals surface area contributed by atoms with Crippen LogP contribution in [0.3, 0.4) is 0 Å². The molecule has 1 heterocycles. The first kappa shape index (κ1) is 13.9. The number of amides is 1. The van der Waals surface area contributed by atoms with Crippen LogP contribution in [0.4, 0.5) is 5.69 Å². The highest BCUT2D eigenvalue weighted by Gasteiger charge is 2.28. The largest absolute Gasteiger partial charge is 0.378 e. The maximum Gasteiger partial charge on any atom is 0.253 e. The summed E-state index contributed by atoms with van der Waals surface area (Å²) in [5, 5.41) is 0. The van der Waals surface area contributed by atoms with E-state index in [0.29, 0.717) is 5.41 Å². The summed E-state index contributed by atoms with van der Waals surface area (Å²) in [7, 11) is 3.99. The molecule has 0 aliphatic carbocycles. The van der Waals surface area contributed by atoms with Crippen molar-refractivity contribution in [1.82, 2.24) is 4.90 Å². The highest BCUT2D eigenvalue weighted by Crippen LogP contribution is 2.30. The van der Waals surface area contributed by atoms with Crippen LogP contribution in [0, 0.1) is 5.41 Å². The van der Waals surface area contributed by atoms with Gasteiger partial charge in [-0.3, -0.25) is 4.79 Å². The van der Waals surface area contributed by atoms with Gasteiger partial charge in [0.1, 0.15) is 0 Å². The zero-order valence-electron chi connectivity index (χ0n) is 12.4. The van der Waals surface area contributed by atoms with E-state index in [1.807, 2.05) is 48.2 Å². The molecule has 1 fully saturated rings. The van der Waals surface area contributed by atoms with Crippen molar-refractivity contribution in [3.05, 3.63) is 29.8 Å². The van der Waals surface area contributed by atoms with Crippen LogP contribution in [-0.2, 0) is 0 Å². The van der Waals surface area contributed by atoms with Crippen molar-refractivity contribution < 1.29 is 4.79 Å². The predicted molar refractivity (Wildman–Crippen MR) is 79.7 cm³/mol. The Morgan fingerprint density at radius 2 is 1.84 bits per heavy atom. The van der Waals surface area contributed by atoms with Crippen molar-refractivity contribution in [3.8, 4) is 0 Å². The molecule has 104 valence electrons. The Morgan fingerprint density at radius 3 is 2.42 bits per heavy atom. The second-order valence-electron chi connectivity index (χ2n) is 6.40. The fourth-order valence-corrected chi connectivity index (χ4v) is 2.41. The molecular weight excluding hydrogens is 236 g/mol. The average Bonchev–Trinajstić information content (AvgIpc) is 2.38. The molecule has 1 saturated heterocycles. The molecule has 0 radical (unpaired) electrons. The van der Waals surface area contributed by atoms with E-state index in [-0.39, 0.29) is 5.91 Å². The lowest BCUT2D eigenvalue weighted by molar-refractivity contribution is 0.0630. The van der Waals surface area contributed by atoms with Crippen LogP contribution >= 0.6 is 0 Å². The van der Waals surface area contributed by atoms with Gasteiger partial charge in [0.05, 0.1) is 0 Å². The molecule has 1 aliphatic rings. The molecule has 0 spiro atoms. The summed E-state index contributed by atoms with van der Waals surface area (Å²) in [5.41, 5.74) is 2.25. The molecule has 0 atom stereocenters. The first-order chi connectivity index (χ1) is 8.89. The van der Waals surface area contributed by atoms with E-state index < -0.39 is 0 Å². The van der Waals surface area contributed by atoms with E-state index >= 15 is 0 Å². The van der Waals surface area contributed by atoms with Crippen LogP contribution in [-0.4, -0.2) is 38.0 Å². The number of piperidine rings is 1. The summed E-state index contributed by atoms with van der Waals surface area (Å²) in [5.74, 6) is 0.166. The van der Waals surface area contributed by atoms with Crippen molar-refractivity contribution in [3.63, 3.8) is 0 Å². The van der Waals surface area contributed by atoms with Crippen molar-refractivity contribution in [1.29, 1.82) is 0 Å². The van der Waals surface area contributed by atoms with E-state index in [0.717, 1.165) is 37.2 Å². The summed E-state index contributed by atoms with van der Waals surface area (Å²) >= 11 is 0. The standard InChI is InChI=1S/C16H24N2O/c1-16(2)8-10-18(11-9-16)15(19)13-6-5-7-14(12-13)17(3)4/h5-7,12H,8-11H2,1-4H3. The Kier molecular flexibility index (Phi) is 3.83. The van der Waals surface area contributed by atoms with Crippen LogP contribution in [0.5, 0.6) is 0 Å². The van der Waals surface area contributed by atoms with Crippen molar-refractivity contribution >= 4 is 11.6 Å². The summed E-state index contributed by atoms with van der Waals surface area (Å²) in [6.45, 7) is 6.30. The second-order valence-corrected chi connectivity index (χ2v) is 6.40. The predicted octanol–water partition coefficient (Wildman–Crippen LogP) is 3.01. The maximum atomic E-state index is 12.5. The molecule has 19 heavy (non-hydrogen) atoms. The van der Waals surface area contributed by atoms with E-state index in [4.69, 9.17) is 0 Å². The Bertz CT molecular complexity index is 456. The van der Waals surface area contributed by atoms with Gasteiger partial charge < -0.3 is 9.80 Å². The van der Waals surface area contributed by atoms with Crippen LogP contribution < -0.4 is 4.90 Å². The Hall–Kier alpha value is -1.51. The van der Waals surface area contributed by atoms with Gasteiger partial charge >= 0.3 is 0 Å². The molecule has 2 rings (SSSR count). The van der Waals surface area contributed by atoms with Gasteiger partial charge in [-0.05, 0) is 36.5 Å². The summed E-state index contributed by atoms with van der Waals surface area (Å²) < 4.78 is 0. The molecule has 0 N–H and O–H groups in total. The molecule has 0 unspecified atom stereocenters. The minimum atomic E-state index is 0.166. The Morgan fingerprint density at radius 1 is 1.21 bits per heavy atom. The summed E-state index contributed by atoms with van der Waals surface area (Å²) in [6.07, 6.45) is 2.18. The average molecular weight is 260 g/mol. The highest BCUT2D eigenvalue weighted by molar-refractivity contribution is 5.95. The van der Waals surface area contributed by atoms with Gasteiger partial charge in [0, 0.05) is 38.4 Å². The third-order valence-corrected chi connectivity index (χ3v) is 4.01. The van der Waals surface area contributed by atoms with Crippen molar-refractivity contribution in [2.75, 3.05) is 32.1 Å². The third-order valence-electron chi connectivity index (χ3n) is 4.01. The number of carbonyl (C=O) groups excluding carboxylic acids is 1. The van der Waals surface area contributed by atoms with Gasteiger partial charge in [-0.2, -0.15) is 0 Å². The topological polar surface area (TPSA) is 23.6 Å². The fraction of sp³-hybridized carbons (Fsp3) is 0.562. The Balaban J connectivity index is 2.10. The molecule has 0 bridgehead atoms. The normalized spacial score (nSPS) is 18.2. The molecule has 3 heteroatoms. The van der Waals surface area contributed by atoms with Crippen molar-refractivity contribution in [2.45, 2.75) is 26.7 Å². The van der Waals surface area contributed by atoms with Gasteiger partial charge in [-0.25, -0.2) is 0 Å². The molecule has 1 aromatic rings. The Labute approximate surface area is 116 Å². The van der Waals surface area contributed by atoms with Crippen LogP contribution in [0.2, 0.25) is 0 Å². The second kappa shape index (κ2) is 5.24. The van der Waals surface area contributed by atoms with E-state index in [9.17, 15) is 4.79 Å². The number of rotatable bonds is 2. The minimum absolute atomic E-state index is 0.166. The molecule has 1 aliphatic heterocycles. The summed E-state index contributed by atoms with van der Waals surface area (Å²) in [6, 6.07) is 7.86. The van der Waals surface area contributed by atoms with Gasteiger partial charge in [-0.1, -0.05) is 19.9 Å². The molecule has 0 saturated carbocycles. The number of hydrogen-bond acceptors (Lipinski definition) is 2. The number of nitrogens with zero attached hydrogens (tertiary/aromatic N) is 2. The quantitative estimate of drug-likeness (QED) is 0.816. The molecular formula is C16H24N2O. The van der Waals surface area contributed by atoms with Gasteiger partial charge in [0.25, 0.3) is 5.91 Å². The summed E-state index contributed by atoms with van der Waals surface area (Å²) in [4.78, 5) is 16.5. The van der Waals surface area contributed by atoms with Gasteiger partial charge in [0.15, 0.2) is 0 Å². The number of hydrogen-bond donors (Lipinski definition) is 0. The third kappa shape index (κ3) is 3.28. The first-order valence-corrected chi connectivity index (χ1v) is 6.96. The smallest absolute Gasteiger partial charge is 0.253 e. The zero-order valence-corrected chi connectivity index (χ0v) is 12.4. The molecule has 3 nitrogen and oxygen atoms in total. The zero-order chi connectivity index (χ0) is 14.0. The molecule has 1 amide bonds. The van der Waals surface area contributed by atoms with Crippen LogP contribution in [0.1, 0.15) is 37.0 Å². The SMILES string of the molecule is CN(C)c1cccc(C(=O)N2CCC(C)(C)CC2)c1.